The first-order valence-corrected chi connectivity index (χ1v) is 9.73. The first-order valence-electron chi connectivity index (χ1n) is 7.78. The minimum Gasteiger partial charge on any atom is -0.490 e. The van der Waals surface area contributed by atoms with E-state index in [2.05, 4.69) is 27.6 Å². The van der Waals surface area contributed by atoms with Crippen LogP contribution in [0.15, 0.2) is 40.3 Å². The fraction of sp³-hybridized carbons (Fsp3) is 0.222. The number of ether oxygens (including phenoxy) is 3. The maximum absolute atomic E-state index is 12.1. The Kier molecular flexibility index (Phi) is 5.74. The molecule has 0 spiro atoms. The van der Waals surface area contributed by atoms with Gasteiger partial charge in [-0.2, -0.15) is 0 Å². The van der Waals surface area contributed by atoms with Crippen molar-refractivity contribution in [3.8, 4) is 11.5 Å². The third kappa shape index (κ3) is 4.04. The zero-order valence-corrected chi connectivity index (χ0v) is 16.7. The number of aliphatic imine (C=N–C) groups is 1. The molecule has 1 aliphatic heterocycles. The van der Waals surface area contributed by atoms with Crippen molar-refractivity contribution in [2.75, 3.05) is 13.2 Å². The highest BCUT2D eigenvalue weighted by molar-refractivity contribution is 14.1. The molecule has 1 aromatic carbocycles. The second-order valence-electron chi connectivity index (χ2n) is 5.01. The van der Waals surface area contributed by atoms with Crippen LogP contribution in [-0.4, -0.2) is 25.1 Å². The molecule has 5 nitrogen and oxygen atoms in total. The quantitative estimate of drug-likeness (QED) is 0.356. The zero-order chi connectivity index (χ0) is 17.8. The van der Waals surface area contributed by atoms with Gasteiger partial charge in [-0.3, -0.25) is 0 Å². The molecule has 0 saturated carbocycles. The van der Waals surface area contributed by atoms with Crippen molar-refractivity contribution in [3.05, 3.63) is 49.4 Å². The van der Waals surface area contributed by atoms with Crippen LogP contribution in [0.3, 0.4) is 0 Å². The van der Waals surface area contributed by atoms with Crippen LogP contribution in [0.4, 0.5) is 0 Å². The van der Waals surface area contributed by atoms with Crippen molar-refractivity contribution in [2.45, 2.75) is 13.8 Å². The molecule has 2 aromatic rings. The Hall–Kier alpha value is -1.87. The molecule has 1 aliphatic rings. The maximum atomic E-state index is 12.1. The fourth-order valence-electron chi connectivity index (χ4n) is 2.29. The van der Waals surface area contributed by atoms with Crippen LogP contribution in [-0.2, 0) is 9.53 Å². The molecule has 0 amide bonds. The third-order valence-electron chi connectivity index (χ3n) is 3.28. The average Bonchev–Trinajstić information content (AvgIpc) is 3.22. The van der Waals surface area contributed by atoms with Crippen LogP contribution in [0.2, 0.25) is 0 Å². The molecule has 7 heteroatoms. The summed E-state index contributed by atoms with van der Waals surface area (Å²) in [5.41, 5.74) is 1.07. The van der Waals surface area contributed by atoms with E-state index >= 15 is 0 Å². The lowest BCUT2D eigenvalue weighted by Gasteiger charge is -2.13. The van der Waals surface area contributed by atoms with E-state index in [1.54, 1.807) is 6.08 Å². The minimum atomic E-state index is -0.453. The lowest BCUT2D eigenvalue weighted by Crippen LogP contribution is -2.03. The molecule has 0 N–H and O–H groups in total. The molecule has 0 saturated heterocycles. The van der Waals surface area contributed by atoms with E-state index in [-0.39, 0.29) is 5.70 Å². The summed E-state index contributed by atoms with van der Waals surface area (Å²) < 4.78 is 17.5. The Morgan fingerprint density at radius 2 is 2.08 bits per heavy atom. The molecule has 0 unspecified atom stereocenters. The minimum absolute atomic E-state index is 0.269. The molecule has 0 radical (unpaired) electrons. The number of halogens is 1. The number of carbonyl (C=O) groups excluding carboxylic acids is 1. The Bertz CT molecular complexity index is 843. The molecule has 0 fully saturated rings. The lowest BCUT2D eigenvalue weighted by molar-refractivity contribution is -0.129. The molecule has 1 aromatic heterocycles. The van der Waals surface area contributed by atoms with Gasteiger partial charge in [0.2, 0.25) is 5.90 Å². The third-order valence-corrected chi connectivity index (χ3v) is 4.94. The molecule has 0 aliphatic carbocycles. The van der Waals surface area contributed by atoms with Crippen molar-refractivity contribution in [1.82, 2.24) is 0 Å². The van der Waals surface area contributed by atoms with Gasteiger partial charge < -0.3 is 14.2 Å². The van der Waals surface area contributed by atoms with E-state index in [4.69, 9.17) is 14.2 Å². The molecule has 130 valence electrons. The standard InChI is InChI=1S/C18H16INO4S/c1-3-22-14-10-11(8-12(19)16(14)23-4-2)9-13-18(21)24-17(20-13)15-6-5-7-25-15/h5-10H,3-4H2,1-2H3. The Morgan fingerprint density at radius 3 is 2.76 bits per heavy atom. The molecular weight excluding hydrogens is 453 g/mol. The second-order valence-corrected chi connectivity index (χ2v) is 7.12. The van der Waals surface area contributed by atoms with Crippen molar-refractivity contribution >= 4 is 51.9 Å². The van der Waals surface area contributed by atoms with Gasteiger partial charge in [-0.1, -0.05) is 6.07 Å². The molecule has 0 bridgehead atoms. The monoisotopic (exact) mass is 469 g/mol. The summed E-state index contributed by atoms with van der Waals surface area (Å²) in [5, 5.41) is 1.91. The fourth-order valence-corrected chi connectivity index (χ4v) is 3.72. The van der Waals surface area contributed by atoms with Gasteiger partial charge in [0.25, 0.3) is 0 Å². The largest absolute Gasteiger partial charge is 0.490 e. The van der Waals surface area contributed by atoms with E-state index in [0.717, 1.165) is 14.0 Å². The van der Waals surface area contributed by atoms with Crippen molar-refractivity contribution in [3.63, 3.8) is 0 Å². The van der Waals surface area contributed by atoms with Crippen molar-refractivity contribution in [2.24, 2.45) is 4.99 Å². The van der Waals surface area contributed by atoms with Gasteiger partial charge in [0.05, 0.1) is 21.7 Å². The van der Waals surface area contributed by atoms with E-state index in [0.29, 0.717) is 30.6 Å². The summed E-state index contributed by atoms with van der Waals surface area (Å²) in [6.07, 6.45) is 1.70. The molecule has 3 rings (SSSR count). The number of hydrogen-bond donors (Lipinski definition) is 0. The molecule has 0 atom stereocenters. The summed E-state index contributed by atoms with van der Waals surface area (Å²) in [4.78, 5) is 17.2. The average molecular weight is 469 g/mol. The number of cyclic esters (lactones) is 1. The normalized spacial score (nSPS) is 15.2. The van der Waals surface area contributed by atoms with Crippen LogP contribution in [0.5, 0.6) is 11.5 Å². The first kappa shape index (κ1) is 17.9. The van der Waals surface area contributed by atoms with Gasteiger partial charge in [-0.25, -0.2) is 9.79 Å². The summed E-state index contributed by atoms with van der Waals surface area (Å²) in [6, 6.07) is 7.52. The van der Waals surface area contributed by atoms with Crippen molar-refractivity contribution in [1.29, 1.82) is 0 Å². The number of esters is 1. The molecular formula is C18H16INO4S. The number of thiophene rings is 1. The van der Waals surface area contributed by atoms with Gasteiger partial charge in [0.15, 0.2) is 17.2 Å². The van der Waals surface area contributed by atoms with Crippen LogP contribution in [0, 0.1) is 3.57 Å². The highest BCUT2D eigenvalue weighted by atomic mass is 127. The summed E-state index contributed by atoms with van der Waals surface area (Å²) >= 11 is 3.67. The topological polar surface area (TPSA) is 57.1 Å². The van der Waals surface area contributed by atoms with Gasteiger partial charge in [-0.15, -0.1) is 11.3 Å². The summed E-state index contributed by atoms with van der Waals surface area (Å²) in [7, 11) is 0. The number of benzene rings is 1. The highest BCUT2D eigenvalue weighted by Crippen LogP contribution is 2.35. The molecule has 25 heavy (non-hydrogen) atoms. The smallest absolute Gasteiger partial charge is 0.363 e. The Morgan fingerprint density at radius 1 is 1.28 bits per heavy atom. The zero-order valence-electron chi connectivity index (χ0n) is 13.7. The predicted molar refractivity (Wildman–Crippen MR) is 106 cm³/mol. The summed E-state index contributed by atoms with van der Waals surface area (Å²) in [5.74, 6) is 1.25. The number of carbonyl (C=O) groups is 1. The lowest BCUT2D eigenvalue weighted by atomic mass is 10.1. The van der Waals surface area contributed by atoms with Gasteiger partial charge in [0, 0.05) is 0 Å². The Labute approximate surface area is 163 Å². The molecule has 2 heterocycles. The number of nitrogens with zero attached hydrogens (tertiary/aromatic N) is 1. The van der Waals surface area contributed by atoms with E-state index in [1.165, 1.54) is 11.3 Å². The predicted octanol–water partition coefficient (Wildman–Crippen LogP) is 4.49. The highest BCUT2D eigenvalue weighted by Gasteiger charge is 2.25. The van der Waals surface area contributed by atoms with Crippen LogP contribution < -0.4 is 9.47 Å². The van der Waals surface area contributed by atoms with E-state index in [9.17, 15) is 4.79 Å². The van der Waals surface area contributed by atoms with Gasteiger partial charge in [-0.05, 0) is 71.7 Å². The van der Waals surface area contributed by atoms with Gasteiger partial charge in [0.1, 0.15) is 0 Å². The first-order chi connectivity index (χ1) is 12.1. The van der Waals surface area contributed by atoms with Crippen molar-refractivity contribution < 1.29 is 19.0 Å². The second kappa shape index (κ2) is 8.01. The van der Waals surface area contributed by atoms with Gasteiger partial charge >= 0.3 is 5.97 Å². The summed E-state index contributed by atoms with van der Waals surface area (Å²) in [6.45, 7) is 4.92. The number of rotatable bonds is 6. The van der Waals surface area contributed by atoms with E-state index in [1.807, 2.05) is 43.5 Å². The Balaban J connectivity index is 1.96. The van der Waals surface area contributed by atoms with E-state index < -0.39 is 5.97 Å². The maximum Gasteiger partial charge on any atom is 0.363 e. The number of hydrogen-bond acceptors (Lipinski definition) is 6. The van der Waals surface area contributed by atoms with Crippen LogP contribution in [0.1, 0.15) is 24.3 Å². The van der Waals surface area contributed by atoms with Crippen LogP contribution >= 0.6 is 33.9 Å². The SMILES string of the molecule is CCOc1cc(C=C2N=C(c3cccs3)OC2=O)cc(I)c1OCC. The van der Waals surface area contributed by atoms with Crippen LogP contribution in [0.25, 0.3) is 6.08 Å².